The number of fused-ring (bicyclic) bond motifs is 6. The molecule has 10 aromatic rings. The van der Waals surface area contributed by atoms with Gasteiger partial charge in [0, 0.05) is 33.4 Å². The van der Waals surface area contributed by atoms with E-state index in [1.165, 1.54) is 82.4 Å². The van der Waals surface area contributed by atoms with Gasteiger partial charge in [0.25, 0.3) is 0 Å². The van der Waals surface area contributed by atoms with Crippen LogP contribution in [0.15, 0.2) is 218 Å². The summed E-state index contributed by atoms with van der Waals surface area (Å²) < 4.78 is 2.49. The molecule has 0 N–H and O–H groups in total. The number of aromatic nitrogens is 1. The predicted octanol–water partition coefficient (Wildman–Crippen LogP) is 15.6. The first-order valence-electron chi connectivity index (χ1n) is 20.2. The zero-order valence-electron chi connectivity index (χ0n) is 32.1. The molecule has 0 aliphatic heterocycles. The average Bonchev–Trinajstić information content (AvgIpc) is 3.65. The number of para-hydroxylation sites is 2. The Hall–Kier alpha value is -7.42. The molecule has 1 heterocycles. The van der Waals surface area contributed by atoms with Gasteiger partial charge in [0.1, 0.15) is 0 Å². The molecule has 0 atom stereocenters. The minimum Gasteiger partial charge on any atom is -0.313 e. The van der Waals surface area contributed by atoms with Gasteiger partial charge in [0.15, 0.2) is 0 Å². The molecule has 0 saturated heterocycles. The second-order valence-electron chi connectivity index (χ2n) is 15.2. The third-order valence-corrected chi connectivity index (χ3v) is 11.9. The molecular weight excluding hydrogens is 701 g/mol. The van der Waals surface area contributed by atoms with Crippen molar-refractivity contribution >= 4 is 71.7 Å². The van der Waals surface area contributed by atoms with E-state index in [0.717, 1.165) is 29.9 Å². The second-order valence-corrected chi connectivity index (χ2v) is 15.2. The Labute approximate surface area is 338 Å². The van der Waals surface area contributed by atoms with Gasteiger partial charge >= 0.3 is 0 Å². The van der Waals surface area contributed by atoms with Crippen LogP contribution >= 0.6 is 0 Å². The lowest BCUT2D eigenvalue weighted by Crippen LogP contribution is -2.11. The SMILES string of the molecule is C1=C(c2ccc(N(c3ccc(-c4cccc5ccccc45)cc3)c3ccccc3-c3ccccc3)cc2)CCC(n2c3ccccc3c3c4ccccc4ccc32)=C1. The van der Waals surface area contributed by atoms with Crippen molar-refractivity contribution in [2.24, 2.45) is 0 Å². The summed E-state index contributed by atoms with van der Waals surface area (Å²) in [5, 5.41) is 7.75. The standard InChI is InChI=1S/C56H40N2/c1-2-13-42(14-3-1)50-19-8-10-23-53(50)57(46-36-29-44(30-37-46)49-22-12-17-41-15-4-6-18-48(41)49)45-32-25-39(26-33-45)40-27-34-47(35-28-40)58-54-24-11-9-21-52(54)56-51-20-7-5-16-43(51)31-38-55(56)58/h1-27,29-34,36-38H,28,35H2. The summed E-state index contributed by atoms with van der Waals surface area (Å²) in [6.07, 6.45) is 6.62. The Morgan fingerprint density at radius 3 is 1.71 bits per heavy atom. The quantitative estimate of drug-likeness (QED) is 0.158. The van der Waals surface area contributed by atoms with Crippen LogP contribution in [0.3, 0.4) is 0 Å². The molecule has 1 aliphatic rings. The molecule has 9 aromatic carbocycles. The topological polar surface area (TPSA) is 8.17 Å². The highest BCUT2D eigenvalue weighted by Crippen LogP contribution is 2.43. The maximum absolute atomic E-state index is 2.49. The van der Waals surface area contributed by atoms with Crippen molar-refractivity contribution < 1.29 is 0 Å². The van der Waals surface area contributed by atoms with Crippen molar-refractivity contribution in [3.63, 3.8) is 0 Å². The molecule has 2 nitrogen and oxygen atoms in total. The predicted molar refractivity (Wildman–Crippen MR) is 248 cm³/mol. The van der Waals surface area contributed by atoms with Crippen LogP contribution in [0, 0.1) is 0 Å². The van der Waals surface area contributed by atoms with Crippen molar-refractivity contribution in [3.05, 3.63) is 224 Å². The van der Waals surface area contributed by atoms with Crippen molar-refractivity contribution in [2.75, 3.05) is 4.90 Å². The number of hydrogen-bond donors (Lipinski definition) is 0. The maximum atomic E-state index is 2.49. The minimum absolute atomic E-state index is 0.966. The molecule has 0 fully saturated rings. The second kappa shape index (κ2) is 14.3. The zero-order valence-corrected chi connectivity index (χ0v) is 32.1. The van der Waals surface area contributed by atoms with Gasteiger partial charge in [0.05, 0.1) is 16.7 Å². The molecule has 0 radical (unpaired) electrons. The van der Waals surface area contributed by atoms with Gasteiger partial charge in [-0.1, -0.05) is 170 Å². The van der Waals surface area contributed by atoms with Gasteiger partial charge < -0.3 is 9.47 Å². The number of allylic oxidation sites excluding steroid dienone is 4. The van der Waals surface area contributed by atoms with Crippen LogP contribution < -0.4 is 4.90 Å². The van der Waals surface area contributed by atoms with Crippen LogP contribution in [-0.4, -0.2) is 4.57 Å². The number of rotatable bonds is 7. The molecule has 274 valence electrons. The molecule has 1 aromatic heterocycles. The number of hydrogen-bond acceptors (Lipinski definition) is 1. The summed E-state index contributed by atoms with van der Waals surface area (Å²) in [5.41, 5.74) is 14.7. The maximum Gasteiger partial charge on any atom is 0.0544 e. The fourth-order valence-electron chi connectivity index (χ4n) is 9.15. The van der Waals surface area contributed by atoms with E-state index in [2.05, 4.69) is 228 Å². The largest absolute Gasteiger partial charge is 0.313 e. The van der Waals surface area contributed by atoms with Crippen molar-refractivity contribution in [1.29, 1.82) is 0 Å². The van der Waals surface area contributed by atoms with Crippen molar-refractivity contribution in [1.82, 2.24) is 4.57 Å². The summed E-state index contributed by atoms with van der Waals surface area (Å²) in [7, 11) is 0. The van der Waals surface area contributed by atoms with Crippen LogP contribution in [0.1, 0.15) is 18.4 Å². The summed E-state index contributed by atoms with van der Waals surface area (Å²) in [4.78, 5) is 2.40. The third kappa shape index (κ3) is 5.81. The third-order valence-electron chi connectivity index (χ3n) is 11.9. The van der Waals surface area contributed by atoms with Crippen LogP contribution in [0.4, 0.5) is 17.1 Å². The van der Waals surface area contributed by atoms with E-state index in [4.69, 9.17) is 0 Å². The molecule has 58 heavy (non-hydrogen) atoms. The highest BCUT2D eigenvalue weighted by molar-refractivity contribution is 6.21. The average molecular weight is 741 g/mol. The van der Waals surface area contributed by atoms with Crippen LogP contribution in [0.25, 0.3) is 76.9 Å². The van der Waals surface area contributed by atoms with E-state index in [1.807, 2.05) is 0 Å². The zero-order chi connectivity index (χ0) is 38.4. The Morgan fingerprint density at radius 2 is 0.948 bits per heavy atom. The summed E-state index contributed by atoms with van der Waals surface area (Å²) >= 11 is 0. The van der Waals surface area contributed by atoms with Crippen LogP contribution in [-0.2, 0) is 0 Å². The number of benzene rings is 9. The van der Waals surface area contributed by atoms with E-state index >= 15 is 0 Å². The van der Waals surface area contributed by atoms with Crippen molar-refractivity contribution in [3.8, 4) is 22.3 Å². The lowest BCUT2D eigenvalue weighted by atomic mass is 9.95. The Kier molecular flexibility index (Phi) is 8.33. The van der Waals surface area contributed by atoms with Gasteiger partial charge in [0.2, 0.25) is 0 Å². The van der Waals surface area contributed by atoms with E-state index in [-0.39, 0.29) is 0 Å². The first-order chi connectivity index (χ1) is 28.8. The summed E-state index contributed by atoms with van der Waals surface area (Å²) in [6.45, 7) is 0. The molecule has 1 aliphatic carbocycles. The van der Waals surface area contributed by atoms with E-state index < -0.39 is 0 Å². The van der Waals surface area contributed by atoms with Crippen LogP contribution in [0.5, 0.6) is 0 Å². The number of nitrogens with zero attached hydrogens (tertiary/aromatic N) is 2. The smallest absolute Gasteiger partial charge is 0.0544 e. The molecule has 2 heteroatoms. The monoisotopic (exact) mass is 740 g/mol. The molecule has 11 rings (SSSR count). The lowest BCUT2D eigenvalue weighted by Gasteiger charge is -2.28. The molecular formula is C56H40N2. The summed E-state index contributed by atoms with van der Waals surface area (Å²) in [5.74, 6) is 0. The highest BCUT2D eigenvalue weighted by Gasteiger charge is 2.20. The first-order valence-corrected chi connectivity index (χ1v) is 20.2. The Morgan fingerprint density at radius 1 is 0.362 bits per heavy atom. The fraction of sp³-hybridized carbons (Fsp3) is 0.0357. The Balaban J connectivity index is 0.970. The highest BCUT2D eigenvalue weighted by atomic mass is 15.1. The van der Waals surface area contributed by atoms with Gasteiger partial charge in [-0.05, 0) is 111 Å². The van der Waals surface area contributed by atoms with Gasteiger partial charge in [-0.15, -0.1) is 0 Å². The van der Waals surface area contributed by atoms with Gasteiger partial charge in [-0.25, -0.2) is 0 Å². The minimum atomic E-state index is 0.966. The lowest BCUT2D eigenvalue weighted by molar-refractivity contribution is 0.992. The van der Waals surface area contributed by atoms with Crippen molar-refractivity contribution in [2.45, 2.75) is 12.8 Å². The fourth-order valence-corrected chi connectivity index (χ4v) is 9.15. The van der Waals surface area contributed by atoms with Crippen LogP contribution in [0.2, 0.25) is 0 Å². The number of anilines is 3. The molecule has 0 bridgehead atoms. The van der Waals surface area contributed by atoms with E-state index in [9.17, 15) is 0 Å². The van der Waals surface area contributed by atoms with Gasteiger partial charge in [-0.3, -0.25) is 0 Å². The van der Waals surface area contributed by atoms with E-state index in [0.29, 0.717) is 0 Å². The van der Waals surface area contributed by atoms with E-state index in [1.54, 1.807) is 0 Å². The molecule has 0 spiro atoms. The molecule has 0 saturated carbocycles. The summed E-state index contributed by atoms with van der Waals surface area (Å²) in [6, 6.07) is 75.0. The van der Waals surface area contributed by atoms with Gasteiger partial charge in [-0.2, -0.15) is 0 Å². The Bertz CT molecular complexity index is 3200. The molecule has 0 unspecified atom stereocenters. The normalized spacial score (nSPS) is 12.9. The first kappa shape index (κ1) is 33.9. The molecule has 0 amide bonds.